The maximum absolute atomic E-state index is 3.56. The lowest BCUT2D eigenvalue weighted by atomic mass is 10.0. The summed E-state index contributed by atoms with van der Waals surface area (Å²) in [6.07, 6.45) is 5.89. The maximum atomic E-state index is 3.56. The second-order valence-electron chi connectivity index (χ2n) is 4.25. The molecular formula is C10H18N2. The molecule has 1 atom stereocenters. The normalized spacial score (nSPS) is 35.9. The standard InChI is InChI=1S/C10H18N2/c1-9(2)12-7-5-10(8-12)4-3-6-11-10/h3-4,9,11H,5-8H2,1-2H3. The Bertz CT molecular complexity index is 198. The number of likely N-dealkylation sites (tertiary alicyclic amines) is 1. The zero-order valence-electron chi connectivity index (χ0n) is 8.01. The van der Waals surface area contributed by atoms with Crippen molar-refractivity contribution in [1.82, 2.24) is 10.2 Å². The van der Waals surface area contributed by atoms with Crippen LogP contribution in [0.1, 0.15) is 20.3 Å². The third-order valence-corrected chi connectivity index (χ3v) is 3.07. The molecule has 1 N–H and O–H groups in total. The molecule has 1 saturated heterocycles. The molecule has 2 rings (SSSR count). The number of nitrogens with zero attached hydrogens (tertiary/aromatic N) is 1. The van der Waals surface area contributed by atoms with Crippen LogP contribution in [0.4, 0.5) is 0 Å². The van der Waals surface area contributed by atoms with Crippen molar-refractivity contribution in [2.75, 3.05) is 19.6 Å². The van der Waals surface area contributed by atoms with Crippen molar-refractivity contribution in [2.45, 2.75) is 31.8 Å². The van der Waals surface area contributed by atoms with Gasteiger partial charge in [-0.15, -0.1) is 0 Å². The minimum Gasteiger partial charge on any atom is -0.303 e. The molecule has 2 aliphatic heterocycles. The average molecular weight is 166 g/mol. The number of nitrogens with one attached hydrogen (secondary N) is 1. The van der Waals surface area contributed by atoms with E-state index in [4.69, 9.17) is 0 Å². The summed E-state index contributed by atoms with van der Waals surface area (Å²) >= 11 is 0. The fourth-order valence-electron chi connectivity index (χ4n) is 2.19. The van der Waals surface area contributed by atoms with E-state index in [2.05, 4.69) is 36.2 Å². The molecule has 12 heavy (non-hydrogen) atoms. The first-order valence-corrected chi connectivity index (χ1v) is 4.89. The predicted octanol–water partition coefficient (Wildman–Crippen LogP) is 0.999. The van der Waals surface area contributed by atoms with Crippen LogP contribution in [0.2, 0.25) is 0 Å². The summed E-state index contributed by atoms with van der Waals surface area (Å²) in [5, 5.41) is 3.56. The Morgan fingerprint density at radius 3 is 2.83 bits per heavy atom. The minimum absolute atomic E-state index is 0.338. The zero-order valence-corrected chi connectivity index (χ0v) is 8.01. The topological polar surface area (TPSA) is 15.3 Å². The van der Waals surface area contributed by atoms with E-state index in [1.165, 1.54) is 19.5 Å². The van der Waals surface area contributed by atoms with Crippen LogP contribution in [-0.4, -0.2) is 36.1 Å². The Morgan fingerprint density at radius 2 is 2.33 bits per heavy atom. The SMILES string of the molecule is CC(C)N1CCC2(C=CCN2)C1. The lowest BCUT2D eigenvalue weighted by Gasteiger charge is -2.25. The van der Waals surface area contributed by atoms with Gasteiger partial charge in [0.15, 0.2) is 0 Å². The van der Waals surface area contributed by atoms with Crippen molar-refractivity contribution in [3.8, 4) is 0 Å². The summed E-state index contributed by atoms with van der Waals surface area (Å²) in [6, 6.07) is 0.695. The smallest absolute Gasteiger partial charge is 0.0508 e. The fraction of sp³-hybridized carbons (Fsp3) is 0.800. The Morgan fingerprint density at radius 1 is 1.50 bits per heavy atom. The van der Waals surface area contributed by atoms with Crippen LogP contribution in [0.3, 0.4) is 0 Å². The predicted molar refractivity (Wildman–Crippen MR) is 51.2 cm³/mol. The Labute approximate surface area is 74.6 Å². The summed E-state index contributed by atoms with van der Waals surface area (Å²) in [7, 11) is 0. The Balaban J connectivity index is 2.01. The molecule has 2 heteroatoms. The number of hydrogen-bond acceptors (Lipinski definition) is 2. The van der Waals surface area contributed by atoms with E-state index in [-0.39, 0.29) is 0 Å². The summed E-state index contributed by atoms with van der Waals surface area (Å²) in [5.74, 6) is 0. The molecule has 2 aliphatic rings. The van der Waals surface area contributed by atoms with Gasteiger partial charge >= 0.3 is 0 Å². The van der Waals surface area contributed by atoms with Gasteiger partial charge in [0.1, 0.15) is 0 Å². The molecule has 0 amide bonds. The molecule has 68 valence electrons. The first-order valence-electron chi connectivity index (χ1n) is 4.89. The van der Waals surface area contributed by atoms with Crippen LogP contribution < -0.4 is 5.32 Å². The second kappa shape index (κ2) is 2.86. The molecule has 0 aliphatic carbocycles. The van der Waals surface area contributed by atoms with Crippen molar-refractivity contribution >= 4 is 0 Å². The van der Waals surface area contributed by atoms with Crippen LogP contribution in [0, 0.1) is 0 Å². The van der Waals surface area contributed by atoms with Gasteiger partial charge < -0.3 is 5.32 Å². The number of hydrogen-bond donors (Lipinski definition) is 1. The highest BCUT2D eigenvalue weighted by Gasteiger charge is 2.37. The molecule has 0 aromatic carbocycles. The van der Waals surface area contributed by atoms with E-state index in [0.29, 0.717) is 11.6 Å². The molecule has 0 saturated carbocycles. The molecule has 0 bridgehead atoms. The van der Waals surface area contributed by atoms with Crippen LogP contribution in [0.15, 0.2) is 12.2 Å². The van der Waals surface area contributed by atoms with Gasteiger partial charge in [-0.25, -0.2) is 0 Å². The number of rotatable bonds is 1. The average Bonchev–Trinajstić information content (AvgIpc) is 2.62. The van der Waals surface area contributed by atoms with Crippen molar-refractivity contribution in [3.63, 3.8) is 0 Å². The van der Waals surface area contributed by atoms with E-state index in [0.717, 1.165) is 6.54 Å². The van der Waals surface area contributed by atoms with Crippen molar-refractivity contribution in [3.05, 3.63) is 12.2 Å². The highest BCUT2D eigenvalue weighted by Crippen LogP contribution is 2.26. The van der Waals surface area contributed by atoms with Crippen molar-refractivity contribution in [2.24, 2.45) is 0 Å². The van der Waals surface area contributed by atoms with Gasteiger partial charge in [0.25, 0.3) is 0 Å². The minimum atomic E-state index is 0.338. The Hall–Kier alpha value is -0.340. The molecule has 1 unspecified atom stereocenters. The molecule has 0 aromatic heterocycles. The van der Waals surface area contributed by atoms with Crippen LogP contribution in [0.25, 0.3) is 0 Å². The van der Waals surface area contributed by atoms with E-state index in [1.807, 2.05) is 0 Å². The summed E-state index contributed by atoms with van der Waals surface area (Å²) < 4.78 is 0. The molecule has 2 nitrogen and oxygen atoms in total. The summed E-state index contributed by atoms with van der Waals surface area (Å²) in [6.45, 7) is 8.05. The lowest BCUT2D eigenvalue weighted by Crippen LogP contribution is -2.43. The zero-order chi connectivity index (χ0) is 8.60. The van der Waals surface area contributed by atoms with Crippen molar-refractivity contribution in [1.29, 1.82) is 0 Å². The van der Waals surface area contributed by atoms with Crippen LogP contribution in [0.5, 0.6) is 0 Å². The first kappa shape index (κ1) is 8.27. The van der Waals surface area contributed by atoms with E-state index in [1.54, 1.807) is 0 Å². The van der Waals surface area contributed by atoms with Gasteiger partial charge in [0.2, 0.25) is 0 Å². The van der Waals surface area contributed by atoms with Gasteiger partial charge in [0, 0.05) is 25.7 Å². The molecule has 1 fully saturated rings. The highest BCUT2D eigenvalue weighted by atomic mass is 15.2. The molecule has 2 heterocycles. The summed E-state index contributed by atoms with van der Waals surface area (Å²) in [5.41, 5.74) is 0.338. The van der Waals surface area contributed by atoms with Crippen LogP contribution in [-0.2, 0) is 0 Å². The van der Waals surface area contributed by atoms with Crippen LogP contribution >= 0.6 is 0 Å². The van der Waals surface area contributed by atoms with Gasteiger partial charge in [-0.05, 0) is 20.3 Å². The third-order valence-electron chi connectivity index (χ3n) is 3.07. The molecule has 0 aromatic rings. The third kappa shape index (κ3) is 1.29. The van der Waals surface area contributed by atoms with Gasteiger partial charge in [0.05, 0.1) is 5.54 Å². The van der Waals surface area contributed by atoms with Gasteiger partial charge in [-0.2, -0.15) is 0 Å². The largest absolute Gasteiger partial charge is 0.303 e. The fourth-order valence-corrected chi connectivity index (χ4v) is 2.19. The lowest BCUT2D eigenvalue weighted by molar-refractivity contribution is 0.259. The highest BCUT2D eigenvalue weighted by molar-refractivity contribution is 5.17. The molecule has 1 spiro atoms. The Kier molecular flexibility index (Phi) is 1.97. The molecule has 0 radical (unpaired) electrons. The summed E-state index contributed by atoms with van der Waals surface area (Å²) in [4.78, 5) is 2.54. The monoisotopic (exact) mass is 166 g/mol. The van der Waals surface area contributed by atoms with Crippen molar-refractivity contribution < 1.29 is 0 Å². The van der Waals surface area contributed by atoms with Gasteiger partial charge in [-0.1, -0.05) is 12.2 Å². The van der Waals surface area contributed by atoms with Gasteiger partial charge in [-0.3, -0.25) is 4.90 Å². The maximum Gasteiger partial charge on any atom is 0.0508 e. The van der Waals surface area contributed by atoms with E-state index in [9.17, 15) is 0 Å². The quantitative estimate of drug-likeness (QED) is 0.585. The van der Waals surface area contributed by atoms with E-state index >= 15 is 0 Å². The molecular weight excluding hydrogens is 148 g/mol. The second-order valence-corrected chi connectivity index (χ2v) is 4.25. The first-order chi connectivity index (χ1) is 5.72. The van der Waals surface area contributed by atoms with E-state index < -0.39 is 0 Å².